The Morgan fingerprint density at radius 1 is 1.00 bits per heavy atom. The van der Waals surface area contributed by atoms with Crippen LogP contribution in [0.5, 0.6) is 5.75 Å². The second-order valence-electron chi connectivity index (χ2n) is 8.92. The molecule has 0 heterocycles. The van der Waals surface area contributed by atoms with Crippen molar-refractivity contribution in [2.75, 3.05) is 26.2 Å². The number of benzene rings is 2. The van der Waals surface area contributed by atoms with Crippen molar-refractivity contribution in [1.29, 1.82) is 0 Å². The molecule has 38 heavy (non-hydrogen) atoms. The predicted octanol–water partition coefficient (Wildman–Crippen LogP) is 6.21. The molecule has 0 spiro atoms. The van der Waals surface area contributed by atoms with Gasteiger partial charge in [-0.3, -0.25) is 19.7 Å². The van der Waals surface area contributed by atoms with Crippen LogP contribution in [0.15, 0.2) is 45.6 Å². The molecule has 0 saturated heterocycles. The van der Waals surface area contributed by atoms with Crippen LogP contribution >= 0.6 is 0 Å². The van der Waals surface area contributed by atoms with Gasteiger partial charge in [0.25, 0.3) is 0 Å². The molecule has 0 atom stereocenters. The van der Waals surface area contributed by atoms with Gasteiger partial charge in [0.15, 0.2) is 5.82 Å². The zero-order chi connectivity index (χ0) is 28.9. The summed E-state index contributed by atoms with van der Waals surface area (Å²) in [5, 5.41) is 0. The van der Waals surface area contributed by atoms with E-state index in [0.29, 0.717) is 11.8 Å². The Morgan fingerprint density at radius 3 is 2.08 bits per heavy atom. The number of anilines is 1. The van der Waals surface area contributed by atoms with E-state index < -0.39 is 51.7 Å². The van der Waals surface area contributed by atoms with Crippen LogP contribution in [0, 0.1) is 29.3 Å². The van der Waals surface area contributed by atoms with E-state index in [1.807, 2.05) is 0 Å². The molecule has 0 N–H and O–H groups in total. The molecule has 2 aromatic carbocycles. The van der Waals surface area contributed by atoms with Gasteiger partial charge in [0.05, 0.1) is 48.0 Å². The molecule has 0 saturated carbocycles. The van der Waals surface area contributed by atoms with Gasteiger partial charge in [-0.25, -0.2) is 18.0 Å². The highest BCUT2D eigenvalue weighted by Gasteiger charge is 2.36. The molecule has 0 unspecified atom stereocenters. The standard InChI is InChI=1S/C28H32F3N3O4/c1-14(2)24(32-6)27(25(33-7)15(3)4)34(16(5)35)26-17(28(36)38-9)13-19(30)22(23(26)31)21-18(29)11-10-12-20(21)37-8/h10-15H,6H2,1-5,7-9H3/b27-24+,33-25?. The van der Waals surface area contributed by atoms with E-state index >= 15 is 8.78 Å². The third-order valence-corrected chi connectivity index (χ3v) is 5.80. The molecule has 10 heteroatoms. The first-order valence-corrected chi connectivity index (χ1v) is 11.8. The molecule has 0 aliphatic rings. The lowest BCUT2D eigenvalue weighted by Gasteiger charge is -2.31. The van der Waals surface area contributed by atoms with Gasteiger partial charge in [0.1, 0.15) is 23.1 Å². The summed E-state index contributed by atoms with van der Waals surface area (Å²) in [6.07, 6.45) is 0. The van der Waals surface area contributed by atoms with Crippen molar-refractivity contribution in [2.45, 2.75) is 34.6 Å². The van der Waals surface area contributed by atoms with Crippen LogP contribution in [0.1, 0.15) is 45.0 Å². The summed E-state index contributed by atoms with van der Waals surface area (Å²) in [4.78, 5) is 35.4. The number of hydrogen-bond acceptors (Lipinski definition) is 6. The van der Waals surface area contributed by atoms with E-state index in [9.17, 15) is 14.0 Å². The number of aliphatic imine (C=N–C) groups is 2. The lowest BCUT2D eigenvalue weighted by molar-refractivity contribution is -0.116. The zero-order valence-corrected chi connectivity index (χ0v) is 22.8. The summed E-state index contributed by atoms with van der Waals surface area (Å²) in [5.74, 6) is -6.25. The van der Waals surface area contributed by atoms with Crippen molar-refractivity contribution in [3.63, 3.8) is 0 Å². The monoisotopic (exact) mass is 531 g/mol. The number of amides is 1. The number of methoxy groups -OCH3 is 2. The highest BCUT2D eigenvalue weighted by atomic mass is 19.1. The van der Waals surface area contributed by atoms with Crippen molar-refractivity contribution < 1.29 is 32.2 Å². The van der Waals surface area contributed by atoms with E-state index in [2.05, 4.69) is 16.7 Å². The lowest BCUT2D eigenvalue weighted by Crippen LogP contribution is -2.37. The Balaban J connectivity index is 3.25. The van der Waals surface area contributed by atoms with Gasteiger partial charge >= 0.3 is 5.97 Å². The van der Waals surface area contributed by atoms with Gasteiger partial charge in [-0.2, -0.15) is 0 Å². The fourth-order valence-corrected chi connectivity index (χ4v) is 4.19. The van der Waals surface area contributed by atoms with Crippen LogP contribution in [-0.4, -0.2) is 45.6 Å². The van der Waals surface area contributed by atoms with Crippen LogP contribution in [0.25, 0.3) is 11.1 Å². The number of carbonyl (C=O) groups is 2. The Kier molecular flexibility index (Phi) is 9.98. The van der Waals surface area contributed by atoms with Crippen LogP contribution in [0.3, 0.4) is 0 Å². The van der Waals surface area contributed by atoms with Crippen LogP contribution in [0.4, 0.5) is 18.9 Å². The molecule has 0 bridgehead atoms. The van der Waals surface area contributed by atoms with Gasteiger partial charge in [-0.1, -0.05) is 33.8 Å². The highest BCUT2D eigenvalue weighted by Crippen LogP contribution is 2.43. The highest BCUT2D eigenvalue weighted by molar-refractivity contribution is 6.15. The van der Waals surface area contributed by atoms with E-state index in [1.54, 1.807) is 27.7 Å². The van der Waals surface area contributed by atoms with E-state index in [-0.39, 0.29) is 29.0 Å². The molecule has 204 valence electrons. The molecule has 0 fully saturated rings. The van der Waals surface area contributed by atoms with Crippen LogP contribution in [-0.2, 0) is 9.53 Å². The van der Waals surface area contributed by atoms with Gasteiger partial charge in [-0.05, 0) is 36.8 Å². The molecule has 2 rings (SSSR count). The first kappa shape index (κ1) is 30.3. The summed E-state index contributed by atoms with van der Waals surface area (Å²) in [6, 6.07) is 4.36. The minimum atomic E-state index is -1.38. The number of carbonyl (C=O) groups excluding carboxylic acids is 2. The van der Waals surface area contributed by atoms with Crippen molar-refractivity contribution in [3.8, 4) is 16.9 Å². The number of hydrogen-bond donors (Lipinski definition) is 0. The smallest absolute Gasteiger partial charge is 0.340 e. The maximum absolute atomic E-state index is 16.6. The molecule has 0 aromatic heterocycles. The molecular weight excluding hydrogens is 499 g/mol. The number of halogens is 3. The maximum Gasteiger partial charge on any atom is 0.340 e. The average molecular weight is 532 g/mol. The summed E-state index contributed by atoms with van der Waals surface area (Å²) in [7, 11) is 3.74. The molecular formula is C28H32F3N3O4. The number of rotatable bonds is 9. The minimum Gasteiger partial charge on any atom is -0.496 e. The minimum absolute atomic E-state index is 0.0714. The summed E-state index contributed by atoms with van der Waals surface area (Å²) in [6.45, 7) is 11.9. The topological polar surface area (TPSA) is 80.6 Å². The Bertz CT molecular complexity index is 1320. The first-order valence-electron chi connectivity index (χ1n) is 11.8. The van der Waals surface area contributed by atoms with Crippen molar-refractivity contribution in [1.82, 2.24) is 0 Å². The van der Waals surface area contributed by atoms with E-state index in [1.165, 1.54) is 26.3 Å². The summed E-state index contributed by atoms with van der Waals surface area (Å²) < 4.78 is 57.1. The molecule has 7 nitrogen and oxygen atoms in total. The van der Waals surface area contributed by atoms with Crippen LogP contribution in [0.2, 0.25) is 0 Å². The quantitative estimate of drug-likeness (QED) is 0.284. The van der Waals surface area contributed by atoms with Gasteiger partial charge < -0.3 is 9.47 Å². The Labute approximate surface area is 220 Å². The molecule has 2 aromatic rings. The second-order valence-corrected chi connectivity index (χ2v) is 8.92. The Morgan fingerprint density at radius 2 is 1.63 bits per heavy atom. The van der Waals surface area contributed by atoms with E-state index in [4.69, 9.17) is 9.47 Å². The van der Waals surface area contributed by atoms with Gasteiger partial charge in [0.2, 0.25) is 5.91 Å². The average Bonchev–Trinajstić information content (AvgIpc) is 2.85. The van der Waals surface area contributed by atoms with E-state index in [0.717, 1.165) is 25.0 Å². The van der Waals surface area contributed by atoms with Gasteiger partial charge in [0, 0.05) is 14.0 Å². The number of allylic oxidation sites excluding steroid dienone is 2. The zero-order valence-electron chi connectivity index (χ0n) is 22.8. The maximum atomic E-state index is 16.6. The fourth-order valence-electron chi connectivity index (χ4n) is 4.19. The van der Waals surface area contributed by atoms with Crippen LogP contribution < -0.4 is 9.64 Å². The van der Waals surface area contributed by atoms with Crippen molar-refractivity contribution in [3.05, 3.63) is 58.7 Å². The predicted molar refractivity (Wildman–Crippen MR) is 142 cm³/mol. The molecule has 0 radical (unpaired) electrons. The fraction of sp³-hybridized carbons (Fsp3) is 0.357. The molecule has 1 amide bonds. The third kappa shape index (κ3) is 5.64. The molecule has 0 aliphatic carbocycles. The number of esters is 1. The summed E-state index contributed by atoms with van der Waals surface area (Å²) in [5.41, 5.74) is -1.89. The second kappa shape index (κ2) is 12.5. The largest absolute Gasteiger partial charge is 0.496 e. The number of nitrogens with zero attached hydrogens (tertiary/aromatic N) is 3. The third-order valence-electron chi connectivity index (χ3n) is 5.80. The van der Waals surface area contributed by atoms with Crippen molar-refractivity contribution in [2.24, 2.45) is 21.8 Å². The first-order chi connectivity index (χ1) is 17.9. The SMILES string of the molecule is C=N/C(=C(\C(=NC)C(C)C)N(C(C)=O)c1c(C(=O)OC)cc(F)c(-c2c(F)cccc2OC)c1F)C(C)C. The number of ether oxygens (including phenoxy) is 2. The Hall–Kier alpha value is -3.95. The molecule has 0 aliphatic heterocycles. The summed E-state index contributed by atoms with van der Waals surface area (Å²) >= 11 is 0. The normalized spacial score (nSPS) is 12.4. The van der Waals surface area contributed by atoms with Crippen molar-refractivity contribution >= 4 is 30.0 Å². The van der Waals surface area contributed by atoms with Gasteiger partial charge in [-0.15, -0.1) is 0 Å². The lowest BCUT2D eigenvalue weighted by atomic mass is 9.94.